The van der Waals surface area contributed by atoms with Gasteiger partial charge in [0.15, 0.2) is 5.82 Å². The van der Waals surface area contributed by atoms with E-state index in [0.717, 1.165) is 35.2 Å². The molecule has 0 N–H and O–H groups in total. The number of aryl methyl sites for hydroxylation is 3. The van der Waals surface area contributed by atoms with Gasteiger partial charge in [0.05, 0.1) is 6.54 Å². The lowest BCUT2D eigenvalue weighted by molar-refractivity contribution is 0.553. The van der Waals surface area contributed by atoms with Crippen LogP contribution in [0.4, 0.5) is 0 Å². The molecule has 4 aromatic rings. The van der Waals surface area contributed by atoms with Crippen LogP contribution in [0.1, 0.15) is 22.5 Å². The summed E-state index contributed by atoms with van der Waals surface area (Å²) in [5.74, 6) is 0.794. The highest BCUT2D eigenvalue weighted by atomic mass is 16.4. The van der Waals surface area contributed by atoms with Crippen LogP contribution < -0.4 is 5.63 Å². The molecule has 4 rings (SSSR count). The molecule has 6 nitrogen and oxygen atoms in total. The van der Waals surface area contributed by atoms with Gasteiger partial charge < -0.3 is 4.42 Å². The van der Waals surface area contributed by atoms with Crippen LogP contribution in [0.25, 0.3) is 11.0 Å². The lowest BCUT2D eigenvalue weighted by atomic mass is 10.1. The molecule has 0 spiro atoms. The number of nitrogens with zero attached hydrogens (tertiary/aromatic N) is 4. The van der Waals surface area contributed by atoms with Gasteiger partial charge in [0.1, 0.15) is 5.58 Å². The Morgan fingerprint density at radius 2 is 1.88 bits per heavy atom. The zero-order chi connectivity index (χ0) is 17.9. The maximum absolute atomic E-state index is 11.9. The summed E-state index contributed by atoms with van der Waals surface area (Å²) in [4.78, 5) is 11.9. The molecule has 0 atom stereocenters. The average Bonchev–Trinajstić information content (AvgIpc) is 3.07. The van der Waals surface area contributed by atoms with E-state index in [-0.39, 0.29) is 5.63 Å². The lowest BCUT2D eigenvalue weighted by Gasteiger charge is -2.08. The van der Waals surface area contributed by atoms with E-state index in [1.165, 1.54) is 11.6 Å². The highest BCUT2D eigenvalue weighted by molar-refractivity contribution is 5.80. The zero-order valence-corrected chi connectivity index (χ0v) is 14.4. The molecule has 130 valence electrons. The Kier molecular flexibility index (Phi) is 4.31. The minimum atomic E-state index is -0.364. The number of fused-ring (bicyclic) bond motifs is 1. The van der Waals surface area contributed by atoms with Gasteiger partial charge in [-0.2, -0.15) is 0 Å². The molecule has 0 amide bonds. The SMILES string of the molecule is Cc1ccc2c(Cn3nnnc3CCc3ccccc3)cc(=O)oc2c1. The van der Waals surface area contributed by atoms with Crippen molar-refractivity contribution in [2.24, 2.45) is 0 Å². The Morgan fingerprint density at radius 1 is 1.04 bits per heavy atom. The molecule has 2 aromatic carbocycles. The highest BCUT2D eigenvalue weighted by Gasteiger charge is 2.11. The second-order valence-electron chi connectivity index (χ2n) is 6.33. The molecule has 26 heavy (non-hydrogen) atoms. The second-order valence-corrected chi connectivity index (χ2v) is 6.33. The Morgan fingerprint density at radius 3 is 2.73 bits per heavy atom. The first-order valence-corrected chi connectivity index (χ1v) is 8.51. The summed E-state index contributed by atoms with van der Waals surface area (Å²) in [7, 11) is 0. The minimum absolute atomic E-state index is 0.364. The maximum atomic E-state index is 11.9. The van der Waals surface area contributed by atoms with Crippen molar-refractivity contribution in [1.82, 2.24) is 20.2 Å². The zero-order valence-electron chi connectivity index (χ0n) is 14.4. The van der Waals surface area contributed by atoms with Gasteiger partial charge in [0.25, 0.3) is 0 Å². The van der Waals surface area contributed by atoms with E-state index in [0.29, 0.717) is 12.1 Å². The number of benzene rings is 2. The monoisotopic (exact) mass is 346 g/mol. The summed E-state index contributed by atoms with van der Waals surface area (Å²) < 4.78 is 7.07. The molecule has 0 unspecified atom stereocenters. The van der Waals surface area contributed by atoms with Gasteiger partial charge in [0, 0.05) is 17.9 Å². The first-order chi connectivity index (χ1) is 12.7. The molecule has 0 bridgehead atoms. The van der Waals surface area contributed by atoms with Crippen molar-refractivity contribution >= 4 is 11.0 Å². The summed E-state index contributed by atoms with van der Waals surface area (Å²) >= 11 is 0. The van der Waals surface area contributed by atoms with Gasteiger partial charge in [-0.1, -0.05) is 42.5 Å². The van der Waals surface area contributed by atoms with Gasteiger partial charge in [-0.15, -0.1) is 5.10 Å². The predicted octanol–water partition coefficient (Wildman–Crippen LogP) is 2.92. The van der Waals surface area contributed by atoms with Crippen LogP contribution in [0.2, 0.25) is 0 Å². The Balaban J connectivity index is 1.62. The molecule has 2 heterocycles. The molecule has 0 aliphatic carbocycles. The van der Waals surface area contributed by atoms with Crippen LogP contribution in [0.3, 0.4) is 0 Å². The van der Waals surface area contributed by atoms with Crippen LogP contribution in [0, 0.1) is 6.92 Å². The van der Waals surface area contributed by atoms with Gasteiger partial charge in [-0.25, -0.2) is 9.48 Å². The van der Waals surface area contributed by atoms with Gasteiger partial charge in [-0.05, 0) is 46.5 Å². The number of tetrazole rings is 1. The molecule has 0 fully saturated rings. The Hall–Kier alpha value is -3.28. The summed E-state index contributed by atoms with van der Waals surface area (Å²) in [6, 6.07) is 17.6. The predicted molar refractivity (Wildman–Crippen MR) is 98.0 cm³/mol. The van der Waals surface area contributed by atoms with E-state index < -0.39 is 0 Å². The molecule has 2 aromatic heterocycles. The van der Waals surface area contributed by atoms with Gasteiger partial charge in [-0.3, -0.25) is 0 Å². The third-order valence-electron chi connectivity index (χ3n) is 4.39. The maximum Gasteiger partial charge on any atom is 0.336 e. The summed E-state index contributed by atoms with van der Waals surface area (Å²) in [6.45, 7) is 2.40. The van der Waals surface area contributed by atoms with Crippen LogP contribution in [0.5, 0.6) is 0 Å². The molecule has 0 radical (unpaired) electrons. The molecule has 0 aliphatic rings. The van der Waals surface area contributed by atoms with Crippen molar-refractivity contribution in [2.45, 2.75) is 26.3 Å². The average molecular weight is 346 g/mol. The van der Waals surface area contributed by atoms with Crippen molar-refractivity contribution in [3.05, 3.63) is 87.5 Å². The molecule has 6 heteroatoms. The topological polar surface area (TPSA) is 73.8 Å². The van der Waals surface area contributed by atoms with Crippen LogP contribution in [-0.2, 0) is 19.4 Å². The third kappa shape index (κ3) is 3.39. The van der Waals surface area contributed by atoms with Crippen molar-refractivity contribution < 1.29 is 4.42 Å². The van der Waals surface area contributed by atoms with Crippen LogP contribution in [-0.4, -0.2) is 20.2 Å². The Bertz CT molecular complexity index is 1100. The van der Waals surface area contributed by atoms with Crippen LogP contribution >= 0.6 is 0 Å². The Labute approximate surface area is 150 Å². The number of hydrogen-bond acceptors (Lipinski definition) is 5. The largest absolute Gasteiger partial charge is 0.423 e. The van der Waals surface area contributed by atoms with E-state index in [2.05, 4.69) is 27.7 Å². The van der Waals surface area contributed by atoms with E-state index in [1.807, 2.05) is 43.3 Å². The quantitative estimate of drug-likeness (QED) is 0.520. The first-order valence-electron chi connectivity index (χ1n) is 8.51. The van der Waals surface area contributed by atoms with E-state index in [9.17, 15) is 4.79 Å². The summed E-state index contributed by atoms with van der Waals surface area (Å²) in [5.41, 5.74) is 3.36. The summed E-state index contributed by atoms with van der Waals surface area (Å²) in [6.07, 6.45) is 1.59. The van der Waals surface area contributed by atoms with Crippen molar-refractivity contribution in [3.8, 4) is 0 Å². The number of rotatable bonds is 5. The standard InChI is InChI=1S/C20H18N4O2/c1-14-7-9-17-16(12-20(25)26-18(17)11-14)13-24-19(21-22-23-24)10-8-15-5-3-2-4-6-15/h2-7,9,11-12H,8,10,13H2,1H3. The van der Waals surface area contributed by atoms with Crippen molar-refractivity contribution in [3.63, 3.8) is 0 Å². The van der Waals surface area contributed by atoms with E-state index >= 15 is 0 Å². The lowest BCUT2D eigenvalue weighted by Crippen LogP contribution is -2.11. The second kappa shape index (κ2) is 6.92. The van der Waals surface area contributed by atoms with E-state index in [4.69, 9.17) is 4.42 Å². The number of aromatic nitrogens is 4. The minimum Gasteiger partial charge on any atom is -0.423 e. The van der Waals surface area contributed by atoms with Crippen molar-refractivity contribution in [2.75, 3.05) is 0 Å². The molecular formula is C20H18N4O2. The van der Waals surface area contributed by atoms with Crippen molar-refractivity contribution in [1.29, 1.82) is 0 Å². The molecule has 0 saturated heterocycles. The summed E-state index contributed by atoms with van der Waals surface area (Å²) in [5, 5.41) is 13.0. The van der Waals surface area contributed by atoms with E-state index in [1.54, 1.807) is 4.68 Å². The molecular weight excluding hydrogens is 328 g/mol. The highest BCUT2D eigenvalue weighted by Crippen LogP contribution is 2.19. The fraction of sp³-hybridized carbons (Fsp3) is 0.200. The third-order valence-corrected chi connectivity index (χ3v) is 4.39. The number of hydrogen-bond donors (Lipinski definition) is 0. The smallest absolute Gasteiger partial charge is 0.336 e. The van der Waals surface area contributed by atoms with Gasteiger partial charge >= 0.3 is 5.63 Å². The van der Waals surface area contributed by atoms with Crippen LogP contribution in [0.15, 0.2) is 63.8 Å². The normalized spacial score (nSPS) is 11.1. The fourth-order valence-corrected chi connectivity index (χ4v) is 3.06. The van der Waals surface area contributed by atoms with Gasteiger partial charge in [0.2, 0.25) is 0 Å². The molecule has 0 aliphatic heterocycles. The molecule has 0 saturated carbocycles. The fourth-order valence-electron chi connectivity index (χ4n) is 3.06. The first kappa shape index (κ1) is 16.2.